The van der Waals surface area contributed by atoms with Crippen molar-refractivity contribution in [1.82, 2.24) is 5.43 Å². The smallest absolute Gasteiger partial charge is 0.285 e. The van der Waals surface area contributed by atoms with Crippen LogP contribution in [0.1, 0.15) is 11.1 Å². The van der Waals surface area contributed by atoms with Gasteiger partial charge in [-0.15, -0.1) is 4.40 Å². The lowest BCUT2D eigenvalue weighted by Crippen LogP contribution is -2.17. The van der Waals surface area contributed by atoms with Crippen molar-refractivity contribution in [2.75, 3.05) is 7.11 Å². The molecule has 0 aromatic heterocycles. The molecule has 1 aliphatic heterocycles. The Kier molecular flexibility index (Phi) is 3.64. The Labute approximate surface area is 128 Å². The molecule has 0 amide bonds. The minimum absolute atomic E-state index is 0.185. The first-order valence-corrected chi connectivity index (χ1v) is 7.92. The maximum atomic E-state index is 11.9. The Morgan fingerprint density at radius 2 is 1.86 bits per heavy atom. The maximum Gasteiger partial charge on any atom is 0.285 e. The van der Waals surface area contributed by atoms with Gasteiger partial charge in [0, 0.05) is 11.1 Å². The number of methoxy groups -OCH3 is 1. The van der Waals surface area contributed by atoms with Crippen LogP contribution in [0.15, 0.2) is 62.9 Å². The molecule has 1 aliphatic rings. The number of hydrazone groups is 1. The summed E-state index contributed by atoms with van der Waals surface area (Å²) in [6.45, 7) is 0. The SMILES string of the molecule is COc1ccccc1/C=N\NC1=NS(=O)(=O)c2ccccc21. The van der Waals surface area contributed by atoms with E-state index >= 15 is 0 Å². The van der Waals surface area contributed by atoms with E-state index < -0.39 is 10.0 Å². The molecular formula is C15H13N3O3S. The van der Waals surface area contributed by atoms with E-state index in [9.17, 15) is 8.42 Å². The number of hydrogen-bond donors (Lipinski definition) is 1. The molecule has 1 heterocycles. The highest BCUT2D eigenvalue weighted by Crippen LogP contribution is 2.24. The first-order chi connectivity index (χ1) is 10.6. The minimum atomic E-state index is -3.64. The van der Waals surface area contributed by atoms with Crippen molar-refractivity contribution in [1.29, 1.82) is 0 Å². The van der Waals surface area contributed by atoms with Gasteiger partial charge in [-0.05, 0) is 24.3 Å². The van der Waals surface area contributed by atoms with Crippen molar-refractivity contribution in [2.45, 2.75) is 4.90 Å². The summed E-state index contributed by atoms with van der Waals surface area (Å²) in [5.74, 6) is 0.885. The zero-order valence-electron chi connectivity index (χ0n) is 11.7. The average Bonchev–Trinajstić information content (AvgIpc) is 2.79. The highest BCUT2D eigenvalue weighted by Gasteiger charge is 2.28. The predicted octanol–water partition coefficient (Wildman–Crippen LogP) is 1.77. The average molecular weight is 315 g/mol. The van der Waals surface area contributed by atoms with Crippen molar-refractivity contribution in [3.8, 4) is 5.75 Å². The van der Waals surface area contributed by atoms with Gasteiger partial charge in [0.2, 0.25) is 0 Å². The molecule has 0 saturated carbocycles. The summed E-state index contributed by atoms with van der Waals surface area (Å²) in [5.41, 5.74) is 3.96. The van der Waals surface area contributed by atoms with Crippen molar-refractivity contribution in [3.05, 3.63) is 59.7 Å². The predicted molar refractivity (Wildman–Crippen MR) is 83.9 cm³/mol. The molecule has 1 N–H and O–H groups in total. The van der Waals surface area contributed by atoms with E-state index in [0.29, 0.717) is 11.3 Å². The van der Waals surface area contributed by atoms with Crippen LogP contribution in [0.4, 0.5) is 0 Å². The Hall–Kier alpha value is -2.67. The molecule has 0 bridgehead atoms. The van der Waals surface area contributed by atoms with E-state index in [4.69, 9.17) is 4.74 Å². The van der Waals surface area contributed by atoms with Crippen LogP contribution >= 0.6 is 0 Å². The van der Waals surface area contributed by atoms with Crippen LogP contribution in [0, 0.1) is 0 Å². The number of hydrogen-bond acceptors (Lipinski definition) is 5. The zero-order valence-corrected chi connectivity index (χ0v) is 12.5. The Morgan fingerprint density at radius 1 is 1.14 bits per heavy atom. The molecule has 2 aromatic carbocycles. The number of rotatable bonds is 3. The summed E-state index contributed by atoms with van der Waals surface area (Å²) in [6, 6.07) is 14.0. The van der Waals surface area contributed by atoms with E-state index in [1.807, 2.05) is 24.3 Å². The third-order valence-corrected chi connectivity index (χ3v) is 4.48. The van der Waals surface area contributed by atoms with E-state index in [-0.39, 0.29) is 10.7 Å². The highest BCUT2D eigenvalue weighted by atomic mass is 32.2. The molecule has 0 aliphatic carbocycles. The molecule has 0 fully saturated rings. The van der Waals surface area contributed by atoms with Gasteiger partial charge >= 0.3 is 0 Å². The molecule has 0 atom stereocenters. The molecule has 2 aromatic rings. The van der Waals surface area contributed by atoms with E-state index in [2.05, 4.69) is 14.9 Å². The largest absolute Gasteiger partial charge is 0.496 e. The highest BCUT2D eigenvalue weighted by molar-refractivity contribution is 7.90. The summed E-state index contributed by atoms with van der Waals surface area (Å²) < 4.78 is 32.7. The molecule has 0 unspecified atom stereocenters. The number of para-hydroxylation sites is 1. The summed E-state index contributed by atoms with van der Waals surface area (Å²) in [4.78, 5) is 0.185. The van der Waals surface area contributed by atoms with Gasteiger partial charge in [0.1, 0.15) is 10.6 Å². The Bertz CT molecular complexity index is 873. The van der Waals surface area contributed by atoms with Gasteiger partial charge in [0.15, 0.2) is 5.84 Å². The van der Waals surface area contributed by atoms with Crippen molar-refractivity contribution in [3.63, 3.8) is 0 Å². The van der Waals surface area contributed by atoms with Crippen LogP contribution in [0.25, 0.3) is 0 Å². The summed E-state index contributed by atoms with van der Waals surface area (Å²) in [6.07, 6.45) is 1.55. The molecular weight excluding hydrogens is 302 g/mol. The number of nitrogens with one attached hydrogen (secondary N) is 1. The van der Waals surface area contributed by atoms with E-state index in [0.717, 1.165) is 5.56 Å². The van der Waals surface area contributed by atoms with Crippen molar-refractivity contribution >= 4 is 22.1 Å². The van der Waals surface area contributed by atoms with Gasteiger partial charge in [-0.2, -0.15) is 13.5 Å². The summed E-state index contributed by atoms with van der Waals surface area (Å²) in [5, 5.41) is 4.05. The van der Waals surface area contributed by atoms with Crippen LogP contribution in [0.2, 0.25) is 0 Å². The number of ether oxygens (including phenoxy) is 1. The van der Waals surface area contributed by atoms with E-state index in [1.165, 1.54) is 6.07 Å². The summed E-state index contributed by atoms with van der Waals surface area (Å²) in [7, 11) is -2.06. The van der Waals surface area contributed by atoms with Crippen LogP contribution in [-0.4, -0.2) is 27.6 Å². The number of sulfonamides is 1. The van der Waals surface area contributed by atoms with Gasteiger partial charge in [0.25, 0.3) is 10.0 Å². The lowest BCUT2D eigenvalue weighted by atomic mass is 10.2. The van der Waals surface area contributed by atoms with Gasteiger partial charge in [0.05, 0.1) is 13.3 Å². The molecule has 112 valence electrons. The van der Waals surface area contributed by atoms with Gasteiger partial charge < -0.3 is 4.74 Å². The van der Waals surface area contributed by atoms with Crippen molar-refractivity contribution < 1.29 is 13.2 Å². The normalized spacial score (nSPS) is 15.4. The fraction of sp³-hybridized carbons (Fsp3) is 0.0667. The standard InChI is InChI=1S/C15H13N3O3S/c1-21-13-8-4-2-6-11(13)10-16-17-15-12-7-3-5-9-14(12)22(19,20)18-15/h2-10H,1H3,(H,17,18)/b16-10-. The number of benzene rings is 2. The Balaban J connectivity index is 1.85. The molecule has 7 heteroatoms. The van der Waals surface area contributed by atoms with Crippen molar-refractivity contribution in [2.24, 2.45) is 9.50 Å². The van der Waals surface area contributed by atoms with E-state index in [1.54, 1.807) is 31.5 Å². The number of fused-ring (bicyclic) bond motifs is 1. The lowest BCUT2D eigenvalue weighted by Gasteiger charge is -2.03. The lowest BCUT2D eigenvalue weighted by molar-refractivity contribution is 0.414. The molecule has 0 saturated heterocycles. The first kappa shape index (κ1) is 14.3. The molecule has 22 heavy (non-hydrogen) atoms. The first-order valence-electron chi connectivity index (χ1n) is 6.48. The second kappa shape index (κ2) is 5.61. The second-order valence-corrected chi connectivity index (χ2v) is 6.10. The third-order valence-electron chi connectivity index (χ3n) is 3.14. The van der Waals surface area contributed by atoms with Crippen LogP contribution in [0.5, 0.6) is 5.75 Å². The number of amidine groups is 1. The topological polar surface area (TPSA) is 80.1 Å². The fourth-order valence-electron chi connectivity index (χ4n) is 2.12. The number of nitrogens with zero attached hydrogens (tertiary/aromatic N) is 2. The van der Waals surface area contributed by atoms with Crippen LogP contribution in [0.3, 0.4) is 0 Å². The zero-order chi connectivity index (χ0) is 15.6. The maximum absolute atomic E-state index is 11.9. The molecule has 6 nitrogen and oxygen atoms in total. The summed E-state index contributed by atoms with van der Waals surface area (Å²) >= 11 is 0. The molecule has 3 rings (SSSR count). The van der Waals surface area contributed by atoms with Gasteiger partial charge in [-0.1, -0.05) is 24.3 Å². The van der Waals surface area contributed by atoms with Gasteiger partial charge in [-0.25, -0.2) is 0 Å². The monoisotopic (exact) mass is 315 g/mol. The quantitative estimate of drug-likeness (QED) is 0.691. The Morgan fingerprint density at radius 3 is 2.68 bits per heavy atom. The van der Waals surface area contributed by atoms with Crippen LogP contribution < -0.4 is 10.2 Å². The second-order valence-electron chi connectivity index (χ2n) is 4.52. The molecule has 0 spiro atoms. The molecule has 0 radical (unpaired) electrons. The van der Waals surface area contributed by atoms with Crippen LogP contribution in [-0.2, 0) is 10.0 Å². The third kappa shape index (κ3) is 2.58. The van der Waals surface area contributed by atoms with Gasteiger partial charge in [-0.3, -0.25) is 5.43 Å². The fourth-order valence-corrected chi connectivity index (χ4v) is 3.29. The minimum Gasteiger partial charge on any atom is -0.496 e.